The molecule has 1 aromatic carbocycles. The van der Waals surface area contributed by atoms with Gasteiger partial charge in [-0.05, 0) is 24.8 Å². The van der Waals surface area contributed by atoms with Crippen molar-refractivity contribution in [3.8, 4) is 0 Å². The lowest BCUT2D eigenvalue weighted by Crippen LogP contribution is -2.32. The Morgan fingerprint density at radius 3 is 2.96 bits per heavy atom. The number of carbonyl (C=O) groups is 1. The lowest BCUT2D eigenvalue weighted by molar-refractivity contribution is -0.120. The lowest BCUT2D eigenvalue weighted by Gasteiger charge is -2.16. The second-order valence-electron chi connectivity index (χ2n) is 6.28. The zero-order chi connectivity index (χ0) is 18.4. The third kappa shape index (κ3) is 4.76. The summed E-state index contributed by atoms with van der Waals surface area (Å²) in [6.45, 7) is 3.65. The summed E-state index contributed by atoms with van der Waals surface area (Å²) in [6.07, 6.45) is 2.64. The van der Waals surface area contributed by atoms with Crippen LogP contribution >= 0.6 is 11.8 Å². The zero-order valence-corrected chi connectivity index (χ0v) is 15.6. The van der Waals surface area contributed by atoms with Crippen molar-refractivity contribution in [1.29, 1.82) is 0 Å². The second-order valence-corrected chi connectivity index (χ2v) is 7.44. The predicted octanol–water partition coefficient (Wildman–Crippen LogP) is 1.94. The molecule has 3 rings (SSSR count). The summed E-state index contributed by atoms with van der Waals surface area (Å²) in [4.78, 5) is 24.6. The van der Waals surface area contributed by atoms with Gasteiger partial charge in [0.2, 0.25) is 5.91 Å². The summed E-state index contributed by atoms with van der Waals surface area (Å²) >= 11 is 1.32. The molecule has 7 nitrogen and oxygen atoms in total. The normalized spacial score (nSPS) is 18.0. The van der Waals surface area contributed by atoms with Crippen LogP contribution in [0.4, 0.5) is 0 Å². The first-order chi connectivity index (χ1) is 12.7. The second kappa shape index (κ2) is 9.05. The molecule has 2 atom stereocenters. The maximum absolute atomic E-state index is 12.5. The number of amides is 1. The van der Waals surface area contributed by atoms with Crippen molar-refractivity contribution in [3.05, 3.63) is 46.4 Å². The van der Waals surface area contributed by atoms with Gasteiger partial charge in [0.15, 0.2) is 5.16 Å². The number of H-pyrrole nitrogens is 1. The molecule has 0 bridgehead atoms. The Kier molecular flexibility index (Phi) is 6.51. The number of carbonyl (C=O) groups excluding carboxylic acids is 1. The number of nitrogens with zero attached hydrogens (tertiary/aromatic N) is 2. The van der Waals surface area contributed by atoms with Crippen LogP contribution in [-0.2, 0) is 22.6 Å². The van der Waals surface area contributed by atoms with E-state index in [2.05, 4.69) is 15.5 Å². The fourth-order valence-corrected chi connectivity index (χ4v) is 3.89. The van der Waals surface area contributed by atoms with Crippen LogP contribution in [0.15, 0.2) is 40.3 Å². The lowest BCUT2D eigenvalue weighted by atomic mass is 10.2. The molecule has 26 heavy (non-hydrogen) atoms. The Hall–Kier alpha value is -2.06. The number of benzene rings is 1. The topological polar surface area (TPSA) is 89.0 Å². The number of rotatable bonds is 8. The van der Waals surface area contributed by atoms with Crippen LogP contribution < -0.4 is 11.0 Å². The zero-order valence-electron chi connectivity index (χ0n) is 14.8. The van der Waals surface area contributed by atoms with E-state index in [4.69, 9.17) is 4.74 Å². The van der Waals surface area contributed by atoms with Gasteiger partial charge in [-0.25, -0.2) is 9.89 Å². The minimum absolute atomic E-state index is 0.0385. The summed E-state index contributed by atoms with van der Waals surface area (Å²) in [5.41, 5.74) is 0.790. The van der Waals surface area contributed by atoms with Crippen LogP contribution in [0.2, 0.25) is 0 Å². The van der Waals surface area contributed by atoms with Crippen molar-refractivity contribution in [2.24, 2.45) is 0 Å². The number of thioether (sulfide) groups is 1. The van der Waals surface area contributed by atoms with Gasteiger partial charge >= 0.3 is 5.69 Å². The Morgan fingerprint density at radius 2 is 2.27 bits per heavy atom. The molecule has 2 N–H and O–H groups in total. The maximum atomic E-state index is 12.5. The summed E-state index contributed by atoms with van der Waals surface area (Å²) in [6, 6.07) is 9.78. The molecule has 2 unspecified atom stereocenters. The molecule has 1 aliphatic heterocycles. The van der Waals surface area contributed by atoms with E-state index < -0.39 is 0 Å². The smallest absolute Gasteiger partial charge is 0.344 e. The Balaban J connectivity index is 1.62. The van der Waals surface area contributed by atoms with Crippen molar-refractivity contribution in [2.75, 3.05) is 6.61 Å². The highest BCUT2D eigenvalue weighted by Crippen LogP contribution is 2.24. The Labute approximate surface area is 156 Å². The number of hydrogen-bond donors (Lipinski definition) is 2. The number of nitrogens with one attached hydrogen (secondary N) is 2. The van der Waals surface area contributed by atoms with Gasteiger partial charge in [-0.2, -0.15) is 0 Å². The van der Waals surface area contributed by atoms with E-state index >= 15 is 0 Å². The van der Waals surface area contributed by atoms with Gasteiger partial charge in [-0.1, -0.05) is 49.0 Å². The average molecular weight is 376 g/mol. The fourth-order valence-electron chi connectivity index (χ4n) is 2.89. The molecule has 1 aliphatic rings. The Morgan fingerprint density at radius 1 is 1.46 bits per heavy atom. The molecule has 1 saturated heterocycles. The third-order valence-electron chi connectivity index (χ3n) is 4.35. The monoisotopic (exact) mass is 376 g/mol. The van der Waals surface area contributed by atoms with E-state index in [1.807, 2.05) is 37.3 Å². The minimum Gasteiger partial charge on any atom is -0.376 e. The molecule has 8 heteroatoms. The molecule has 2 heterocycles. The average Bonchev–Trinajstić information content (AvgIpc) is 3.30. The van der Waals surface area contributed by atoms with Crippen molar-refractivity contribution in [1.82, 2.24) is 20.1 Å². The molecule has 0 aliphatic carbocycles. The Bertz CT molecular complexity index is 768. The number of aromatic nitrogens is 3. The molecule has 1 fully saturated rings. The SMILES string of the molecule is CCC(Sc1n[nH]c(=O)n1CC1CCCO1)C(=O)NCc1ccccc1. The molecule has 2 aromatic rings. The molecule has 0 radical (unpaired) electrons. The molecule has 140 valence electrons. The molecular formula is C18H24N4O3S. The standard InChI is InChI=1S/C18H24N4O3S/c1-2-15(16(23)19-11-13-7-4-3-5-8-13)26-18-21-20-17(24)22(18)12-14-9-6-10-25-14/h3-5,7-8,14-15H,2,6,9-12H2,1H3,(H,19,23)(H,20,24). The first-order valence-electron chi connectivity index (χ1n) is 8.92. The summed E-state index contributed by atoms with van der Waals surface area (Å²) in [5, 5.41) is 9.77. The van der Waals surface area contributed by atoms with Crippen molar-refractivity contribution in [2.45, 2.75) is 55.8 Å². The van der Waals surface area contributed by atoms with Crippen LogP contribution in [0, 0.1) is 0 Å². The van der Waals surface area contributed by atoms with Gasteiger partial charge in [0.1, 0.15) is 0 Å². The highest BCUT2D eigenvalue weighted by Gasteiger charge is 2.24. The summed E-state index contributed by atoms with van der Waals surface area (Å²) in [7, 11) is 0. The van der Waals surface area contributed by atoms with Crippen LogP contribution in [0.1, 0.15) is 31.7 Å². The van der Waals surface area contributed by atoms with E-state index in [0.29, 0.717) is 24.7 Å². The van der Waals surface area contributed by atoms with E-state index in [-0.39, 0.29) is 23.0 Å². The minimum atomic E-state index is -0.308. The van der Waals surface area contributed by atoms with Crippen LogP contribution in [0.3, 0.4) is 0 Å². The quantitative estimate of drug-likeness (QED) is 0.687. The van der Waals surface area contributed by atoms with E-state index in [1.54, 1.807) is 4.57 Å². The maximum Gasteiger partial charge on any atom is 0.344 e. The van der Waals surface area contributed by atoms with Crippen LogP contribution in [0.5, 0.6) is 0 Å². The van der Waals surface area contributed by atoms with E-state index in [0.717, 1.165) is 25.0 Å². The van der Waals surface area contributed by atoms with Crippen LogP contribution in [0.25, 0.3) is 0 Å². The molecule has 1 amide bonds. The van der Waals surface area contributed by atoms with Gasteiger partial charge in [0.05, 0.1) is 17.9 Å². The molecule has 0 spiro atoms. The van der Waals surface area contributed by atoms with E-state index in [9.17, 15) is 9.59 Å². The van der Waals surface area contributed by atoms with Gasteiger partial charge in [-0.3, -0.25) is 9.36 Å². The highest BCUT2D eigenvalue weighted by atomic mass is 32.2. The largest absolute Gasteiger partial charge is 0.376 e. The predicted molar refractivity (Wildman–Crippen MR) is 100 cm³/mol. The molecular weight excluding hydrogens is 352 g/mol. The van der Waals surface area contributed by atoms with Gasteiger partial charge in [-0.15, -0.1) is 5.10 Å². The van der Waals surface area contributed by atoms with E-state index in [1.165, 1.54) is 11.8 Å². The number of ether oxygens (including phenoxy) is 1. The molecule has 1 aromatic heterocycles. The first kappa shape index (κ1) is 18.7. The van der Waals surface area contributed by atoms with Crippen molar-refractivity contribution >= 4 is 17.7 Å². The number of hydrogen-bond acceptors (Lipinski definition) is 5. The van der Waals surface area contributed by atoms with Gasteiger partial charge < -0.3 is 10.1 Å². The van der Waals surface area contributed by atoms with Crippen molar-refractivity contribution < 1.29 is 9.53 Å². The van der Waals surface area contributed by atoms with Crippen molar-refractivity contribution in [3.63, 3.8) is 0 Å². The number of aromatic amines is 1. The summed E-state index contributed by atoms with van der Waals surface area (Å²) in [5.74, 6) is -0.0551. The van der Waals surface area contributed by atoms with Gasteiger partial charge in [0, 0.05) is 13.2 Å². The first-order valence-corrected chi connectivity index (χ1v) is 9.80. The third-order valence-corrected chi connectivity index (χ3v) is 5.71. The summed E-state index contributed by atoms with van der Waals surface area (Å²) < 4.78 is 7.19. The van der Waals surface area contributed by atoms with Crippen LogP contribution in [-0.4, -0.2) is 38.6 Å². The van der Waals surface area contributed by atoms with Gasteiger partial charge in [0.25, 0.3) is 0 Å². The molecule has 0 saturated carbocycles. The fraction of sp³-hybridized carbons (Fsp3) is 0.500. The highest BCUT2D eigenvalue weighted by molar-refractivity contribution is 8.00.